The molecular weight excluding hydrogens is 283 g/mol. The number of aromatic nitrogens is 4. The molecule has 0 amide bonds. The fourth-order valence-electron chi connectivity index (χ4n) is 2.24. The molecule has 0 spiro atoms. The van der Waals surface area contributed by atoms with Crippen LogP contribution in [0.3, 0.4) is 0 Å². The summed E-state index contributed by atoms with van der Waals surface area (Å²) in [5.41, 5.74) is 1.43. The maximum atomic E-state index is 13.0. The minimum Gasteiger partial charge on any atom is -0.341 e. The first-order valence-electron chi connectivity index (χ1n) is 7.20. The number of anilines is 3. The molecule has 3 aromatic rings. The summed E-state index contributed by atoms with van der Waals surface area (Å²) in [4.78, 5) is 11.1. The third kappa shape index (κ3) is 2.69. The monoisotopic (exact) mass is 300 g/mol. The first-order chi connectivity index (χ1) is 10.7. The van der Waals surface area contributed by atoms with E-state index in [-0.39, 0.29) is 5.82 Å². The maximum Gasteiger partial charge on any atom is 0.229 e. The summed E-state index contributed by atoms with van der Waals surface area (Å²) in [5.74, 6) is 1.00. The number of hydrogen-bond donors (Lipinski definition) is 2. The first-order valence-corrected chi connectivity index (χ1v) is 7.20. The lowest BCUT2D eigenvalue weighted by atomic mass is 10.3. The second-order valence-corrected chi connectivity index (χ2v) is 4.81. The van der Waals surface area contributed by atoms with Gasteiger partial charge in [-0.05, 0) is 38.1 Å². The second-order valence-electron chi connectivity index (χ2n) is 4.81. The van der Waals surface area contributed by atoms with Gasteiger partial charge in [-0.25, -0.2) is 4.39 Å². The predicted octanol–water partition coefficient (Wildman–Crippen LogP) is 3.08. The number of hydrogen-bond acceptors (Lipinski definition) is 5. The molecule has 6 nitrogen and oxygen atoms in total. The normalized spacial score (nSPS) is 10.9. The van der Waals surface area contributed by atoms with Gasteiger partial charge in [-0.1, -0.05) is 0 Å². The van der Waals surface area contributed by atoms with Crippen molar-refractivity contribution in [3.05, 3.63) is 36.3 Å². The van der Waals surface area contributed by atoms with Crippen LogP contribution < -0.4 is 10.2 Å². The molecule has 2 N–H and O–H groups in total. The Labute approximate surface area is 127 Å². The molecule has 2 heterocycles. The highest BCUT2D eigenvalue weighted by Gasteiger charge is 2.13. The molecule has 3 rings (SSSR count). The molecule has 1 aromatic carbocycles. The molecule has 114 valence electrons. The van der Waals surface area contributed by atoms with Gasteiger partial charge in [0.15, 0.2) is 5.65 Å². The van der Waals surface area contributed by atoms with E-state index in [0.29, 0.717) is 17.4 Å². The standard InChI is InChI=1S/C15H17FN6/c1-3-22(4-2)15-19-13(12-9-17-21-14(12)20-15)18-11-7-5-10(16)6-8-11/h5-9H,3-4H2,1-2H3,(H2,17,18,19,20,21). The average molecular weight is 300 g/mol. The molecule has 0 aliphatic heterocycles. The lowest BCUT2D eigenvalue weighted by Crippen LogP contribution is -2.24. The number of halogens is 1. The Morgan fingerprint density at radius 1 is 1.14 bits per heavy atom. The van der Waals surface area contributed by atoms with Crippen LogP contribution in [0.15, 0.2) is 30.5 Å². The predicted molar refractivity (Wildman–Crippen MR) is 84.9 cm³/mol. The van der Waals surface area contributed by atoms with Gasteiger partial charge >= 0.3 is 0 Å². The topological polar surface area (TPSA) is 69.7 Å². The highest BCUT2D eigenvalue weighted by Crippen LogP contribution is 2.25. The van der Waals surface area contributed by atoms with Crippen LogP contribution in [-0.4, -0.2) is 33.3 Å². The van der Waals surface area contributed by atoms with E-state index in [1.54, 1.807) is 18.3 Å². The Balaban J connectivity index is 2.03. The molecule has 0 unspecified atom stereocenters. The second kappa shape index (κ2) is 5.97. The van der Waals surface area contributed by atoms with Gasteiger partial charge in [0.2, 0.25) is 5.95 Å². The zero-order chi connectivity index (χ0) is 15.5. The van der Waals surface area contributed by atoms with Crippen molar-refractivity contribution >= 4 is 28.5 Å². The summed E-state index contributed by atoms with van der Waals surface area (Å²) in [6, 6.07) is 6.14. The van der Waals surface area contributed by atoms with E-state index in [1.165, 1.54) is 12.1 Å². The van der Waals surface area contributed by atoms with E-state index in [4.69, 9.17) is 0 Å². The number of nitrogens with one attached hydrogen (secondary N) is 2. The molecule has 2 aromatic heterocycles. The van der Waals surface area contributed by atoms with Gasteiger partial charge < -0.3 is 10.2 Å². The van der Waals surface area contributed by atoms with Crippen LogP contribution in [0.1, 0.15) is 13.8 Å². The first kappa shape index (κ1) is 14.2. The Morgan fingerprint density at radius 3 is 2.55 bits per heavy atom. The van der Waals surface area contributed by atoms with Crippen LogP contribution in [0.2, 0.25) is 0 Å². The quantitative estimate of drug-likeness (QED) is 0.758. The van der Waals surface area contributed by atoms with E-state index in [0.717, 1.165) is 24.2 Å². The van der Waals surface area contributed by atoms with E-state index in [9.17, 15) is 4.39 Å². The van der Waals surface area contributed by atoms with Gasteiger partial charge in [-0.3, -0.25) is 5.10 Å². The van der Waals surface area contributed by atoms with Crippen molar-refractivity contribution in [3.63, 3.8) is 0 Å². The van der Waals surface area contributed by atoms with Crippen LogP contribution in [0.25, 0.3) is 11.0 Å². The van der Waals surface area contributed by atoms with Crippen molar-refractivity contribution in [2.45, 2.75) is 13.8 Å². The molecule has 0 radical (unpaired) electrons. The summed E-state index contributed by atoms with van der Waals surface area (Å²) in [6.45, 7) is 5.73. The molecule has 0 aliphatic rings. The lowest BCUT2D eigenvalue weighted by molar-refractivity contribution is 0.628. The number of fused-ring (bicyclic) bond motifs is 1. The highest BCUT2D eigenvalue weighted by molar-refractivity contribution is 5.89. The Morgan fingerprint density at radius 2 is 1.86 bits per heavy atom. The molecule has 0 bridgehead atoms. The zero-order valence-electron chi connectivity index (χ0n) is 12.5. The van der Waals surface area contributed by atoms with Gasteiger partial charge in [-0.2, -0.15) is 15.1 Å². The molecular formula is C15H17FN6. The number of rotatable bonds is 5. The fourth-order valence-corrected chi connectivity index (χ4v) is 2.24. The van der Waals surface area contributed by atoms with E-state index in [2.05, 4.69) is 44.2 Å². The SMILES string of the molecule is CCN(CC)c1nc(Nc2ccc(F)cc2)c2cn[nH]c2n1. The van der Waals surface area contributed by atoms with E-state index in [1.807, 2.05) is 0 Å². The maximum absolute atomic E-state index is 13.0. The minimum absolute atomic E-state index is 0.273. The molecule has 0 saturated carbocycles. The van der Waals surface area contributed by atoms with Gasteiger partial charge in [0.1, 0.15) is 11.6 Å². The summed E-state index contributed by atoms with van der Waals surface area (Å²) < 4.78 is 13.0. The van der Waals surface area contributed by atoms with Crippen LogP contribution in [0.4, 0.5) is 21.8 Å². The van der Waals surface area contributed by atoms with Gasteiger partial charge in [0, 0.05) is 18.8 Å². The highest BCUT2D eigenvalue weighted by atomic mass is 19.1. The van der Waals surface area contributed by atoms with Crippen LogP contribution >= 0.6 is 0 Å². The van der Waals surface area contributed by atoms with Crippen molar-refractivity contribution in [2.75, 3.05) is 23.3 Å². The van der Waals surface area contributed by atoms with Crippen molar-refractivity contribution in [3.8, 4) is 0 Å². The molecule has 0 saturated heterocycles. The van der Waals surface area contributed by atoms with Gasteiger partial charge in [-0.15, -0.1) is 0 Å². The van der Waals surface area contributed by atoms with E-state index >= 15 is 0 Å². The van der Waals surface area contributed by atoms with Crippen LogP contribution in [0, 0.1) is 5.82 Å². The number of benzene rings is 1. The van der Waals surface area contributed by atoms with Crippen molar-refractivity contribution in [2.24, 2.45) is 0 Å². The van der Waals surface area contributed by atoms with Crippen molar-refractivity contribution in [1.82, 2.24) is 20.2 Å². The van der Waals surface area contributed by atoms with Gasteiger partial charge in [0.05, 0.1) is 11.6 Å². The van der Waals surface area contributed by atoms with Gasteiger partial charge in [0.25, 0.3) is 0 Å². The lowest BCUT2D eigenvalue weighted by Gasteiger charge is -2.19. The Bertz CT molecular complexity index is 763. The molecule has 0 aliphatic carbocycles. The van der Waals surface area contributed by atoms with Crippen LogP contribution in [-0.2, 0) is 0 Å². The number of H-pyrrole nitrogens is 1. The number of aromatic amines is 1. The third-order valence-corrected chi connectivity index (χ3v) is 3.45. The molecule has 0 atom stereocenters. The summed E-state index contributed by atoms with van der Waals surface area (Å²) in [7, 11) is 0. The van der Waals surface area contributed by atoms with E-state index < -0.39 is 0 Å². The molecule has 7 heteroatoms. The zero-order valence-corrected chi connectivity index (χ0v) is 12.5. The number of nitrogens with zero attached hydrogens (tertiary/aromatic N) is 4. The van der Waals surface area contributed by atoms with Crippen molar-refractivity contribution < 1.29 is 4.39 Å². The van der Waals surface area contributed by atoms with Crippen molar-refractivity contribution in [1.29, 1.82) is 0 Å². The summed E-state index contributed by atoms with van der Waals surface area (Å²) in [5, 5.41) is 10.9. The minimum atomic E-state index is -0.273. The molecule has 0 fully saturated rings. The summed E-state index contributed by atoms with van der Waals surface area (Å²) in [6.07, 6.45) is 1.67. The Kier molecular flexibility index (Phi) is 3.86. The summed E-state index contributed by atoms with van der Waals surface area (Å²) >= 11 is 0. The van der Waals surface area contributed by atoms with Crippen LogP contribution in [0.5, 0.6) is 0 Å². The third-order valence-electron chi connectivity index (χ3n) is 3.45. The molecule has 22 heavy (non-hydrogen) atoms. The smallest absolute Gasteiger partial charge is 0.229 e. The fraction of sp³-hybridized carbons (Fsp3) is 0.267. The average Bonchev–Trinajstić information content (AvgIpc) is 3.00. The Hall–Kier alpha value is -2.70. The largest absolute Gasteiger partial charge is 0.341 e.